The van der Waals surface area contributed by atoms with E-state index in [9.17, 15) is 4.79 Å². The average Bonchev–Trinajstić information content (AvgIpc) is 2.94. The van der Waals surface area contributed by atoms with E-state index < -0.39 is 0 Å². The summed E-state index contributed by atoms with van der Waals surface area (Å²) in [7, 11) is 0. The maximum absolute atomic E-state index is 12.4. The summed E-state index contributed by atoms with van der Waals surface area (Å²) in [5, 5.41) is 10.8. The number of H-pyrrole nitrogens is 1. The Morgan fingerprint density at radius 2 is 1.88 bits per heavy atom. The van der Waals surface area contributed by atoms with Crippen molar-refractivity contribution in [3.05, 3.63) is 48.3 Å². The monoisotopic (exact) mass is 335 g/mol. The minimum Gasteiger partial charge on any atom is -0.357 e. The van der Waals surface area contributed by atoms with Crippen LogP contribution in [-0.4, -0.2) is 34.2 Å². The smallest absolute Gasteiger partial charge is 0.257 e. The number of rotatable bonds is 3. The first-order valence-corrected chi connectivity index (χ1v) is 8.75. The van der Waals surface area contributed by atoms with E-state index in [2.05, 4.69) is 25.4 Å². The van der Waals surface area contributed by atoms with Gasteiger partial charge >= 0.3 is 0 Å². The van der Waals surface area contributed by atoms with E-state index in [0.717, 1.165) is 35.5 Å². The first-order valence-electron chi connectivity index (χ1n) is 8.75. The van der Waals surface area contributed by atoms with Crippen molar-refractivity contribution >= 4 is 28.3 Å². The summed E-state index contributed by atoms with van der Waals surface area (Å²) in [5.41, 5.74) is 2.25. The van der Waals surface area contributed by atoms with Crippen LogP contribution in [0.5, 0.6) is 0 Å². The number of hydrogen-bond donors (Lipinski definition) is 2. The number of carbonyl (C=O) groups excluding carboxylic acids is 1. The van der Waals surface area contributed by atoms with Crippen molar-refractivity contribution in [2.45, 2.75) is 25.7 Å². The minimum atomic E-state index is -0.155. The van der Waals surface area contributed by atoms with Gasteiger partial charge in [0.25, 0.3) is 5.91 Å². The molecule has 1 fully saturated rings. The number of pyridine rings is 1. The highest BCUT2D eigenvalue weighted by Gasteiger charge is 2.13. The number of aromatic nitrogens is 3. The second-order valence-corrected chi connectivity index (χ2v) is 6.43. The quantitative estimate of drug-likeness (QED) is 0.767. The Hall–Kier alpha value is -2.89. The Bertz CT molecular complexity index is 863. The molecule has 0 aliphatic carbocycles. The molecule has 128 valence electrons. The maximum Gasteiger partial charge on any atom is 0.257 e. The van der Waals surface area contributed by atoms with Gasteiger partial charge in [0.15, 0.2) is 0 Å². The van der Waals surface area contributed by atoms with Gasteiger partial charge in [0, 0.05) is 30.4 Å². The Labute approximate surface area is 146 Å². The molecule has 25 heavy (non-hydrogen) atoms. The molecular formula is C19H21N5O. The predicted molar refractivity (Wildman–Crippen MR) is 99.0 cm³/mol. The lowest BCUT2D eigenvalue weighted by atomic mass is 10.2. The van der Waals surface area contributed by atoms with Gasteiger partial charge in [0.1, 0.15) is 5.82 Å². The van der Waals surface area contributed by atoms with Gasteiger partial charge < -0.3 is 10.2 Å². The Balaban J connectivity index is 1.46. The van der Waals surface area contributed by atoms with Crippen LogP contribution in [0.15, 0.2) is 42.7 Å². The molecule has 0 saturated carbocycles. The molecule has 1 aromatic carbocycles. The molecule has 2 aromatic heterocycles. The molecule has 0 bridgehead atoms. The summed E-state index contributed by atoms with van der Waals surface area (Å²) in [6, 6.07) is 9.45. The van der Waals surface area contributed by atoms with Gasteiger partial charge in [-0.2, -0.15) is 5.10 Å². The largest absolute Gasteiger partial charge is 0.357 e. The Morgan fingerprint density at radius 1 is 1.04 bits per heavy atom. The zero-order valence-electron chi connectivity index (χ0n) is 14.0. The van der Waals surface area contributed by atoms with E-state index in [1.54, 1.807) is 12.4 Å². The summed E-state index contributed by atoms with van der Waals surface area (Å²) in [6.45, 7) is 2.09. The van der Waals surface area contributed by atoms with Crippen LogP contribution in [0.2, 0.25) is 0 Å². The van der Waals surface area contributed by atoms with Crippen LogP contribution in [0.1, 0.15) is 36.0 Å². The third-order valence-corrected chi connectivity index (χ3v) is 4.64. The number of hydrogen-bond acceptors (Lipinski definition) is 4. The lowest BCUT2D eigenvalue weighted by molar-refractivity contribution is 0.102. The molecule has 3 aromatic rings. The fraction of sp³-hybridized carbons (Fsp3) is 0.316. The molecular weight excluding hydrogens is 314 g/mol. The summed E-state index contributed by atoms with van der Waals surface area (Å²) < 4.78 is 0. The van der Waals surface area contributed by atoms with Crippen LogP contribution in [0.4, 0.5) is 11.5 Å². The molecule has 1 aliphatic heterocycles. The van der Waals surface area contributed by atoms with Crippen LogP contribution in [0.3, 0.4) is 0 Å². The molecule has 6 heteroatoms. The molecule has 1 aliphatic rings. The third-order valence-electron chi connectivity index (χ3n) is 4.64. The SMILES string of the molecule is O=C(Nc1ccc2[nH]ncc2c1)c1ccc(N2CCCCCC2)nc1. The van der Waals surface area contributed by atoms with Crippen molar-refractivity contribution in [2.24, 2.45) is 0 Å². The van der Waals surface area contributed by atoms with Crippen molar-refractivity contribution in [1.29, 1.82) is 0 Å². The van der Waals surface area contributed by atoms with Gasteiger partial charge in [-0.3, -0.25) is 9.89 Å². The van der Waals surface area contributed by atoms with E-state index in [-0.39, 0.29) is 5.91 Å². The lowest BCUT2D eigenvalue weighted by Crippen LogP contribution is -2.25. The van der Waals surface area contributed by atoms with Crippen molar-refractivity contribution in [3.8, 4) is 0 Å². The maximum atomic E-state index is 12.4. The first-order chi connectivity index (χ1) is 12.3. The zero-order chi connectivity index (χ0) is 17.1. The van der Waals surface area contributed by atoms with Gasteiger partial charge in [0.2, 0.25) is 0 Å². The van der Waals surface area contributed by atoms with Crippen molar-refractivity contribution < 1.29 is 4.79 Å². The molecule has 0 radical (unpaired) electrons. The molecule has 3 heterocycles. The molecule has 1 saturated heterocycles. The number of aromatic amines is 1. The van der Waals surface area contributed by atoms with Crippen molar-refractivity contribution in [1.82, 2.24) is 15.2 Å². The third kappa shape index (κ3) is 3.47. The van der Waals surface area contributed by atoms with Crippen LogP contribution < -0.4 is 10.2 Å². The second-order valence-electron chi connectivity index (χ2n) is 6.43. The van der Waals surface area contributed by atoms with Gasteiger partial charge in [-0.1, -0.05) is 12.8 Å². The van der Waals surface area contributed by atoms with Gasteiger partial charge in [-0.25, -0.2) is 4.98 Å². The summed E-state index contributed by atoms with van der Waals surface area (Å²) in [6.07, 6.45) is 8.39. The van der Waals surface area contributed by atoms with Gasteiger partial charge in [0.05, 0.1) is 17.3 Å². The highest BCUT2D eigenvalue weighted by Crippen LogP contribution is 2.19. The molecule has 2 N–H and O–H groups in total. The van der Waals surface area contributed by atoms with E-state index in [0.29, 0.717) is 5.56 Å². The summed E-state index contributed by atoms with van der Waals surface area (Å²) in [5.74, 6) is 0.802. The van der Waals surface area contributed by atoms with Gasteiger partial charge in [-0.05, 0) is 43.2 Å². The first kappa shape index (κ1) is 15.6. The van der Waals surface area contributed by atoms with Crippen LogP contribution in [0, 0.1) is 0 Å². The van der Waals surface area contributed by atoms with Crippen LogP contribution in [0.25, 0.3) is 10.9 Å². The average molecular weight is 335 g/mol. The number of benzene rings is 1. The van der Waals surface area contributed by atoms with E-state index in [1.165, 1.54) is 25.7 Å². The second kappa shape index (κ2) is 6.93. The molecule has 6 nitrogen and oxygen atoms in total. The van der Waals surface area contributed by atoms with E-state index in [1.807, 2.05) is 30.3 Å². The topological polar surface area (TPSA) is 73.9 Å². The standard InChI is InChI=1S/C19H21N5O/c25-19(22-16-6-7-17-15(11-16)13-21-23-17)14-5-8-18(20-12-14)24-9-3-1-2-4-10-24/h5-8,11-13H,1-4,9-10H2,(H,21,23)(H,22,25). The number of nitrogens with zero attached hydrogens (tertiary/aromatic N) is 3. The molecule has 0 atom stereocenters. The highest BCUT2D eigenvalue weighted by atomic mass is 16.1. The molecule has 0 unspecified atom stereocenters. The Kier molecular flexibility index (Phi) is 4.33. The fourth-order valence-corrected chi connectivity index (χ4v) is 3.23. The molecule has 1 amide bonds. The minimum absolute atomic E-state index is 0.155. The van der Waals surface area contributed by atoms with Gasteiger partial charge in [-0.15, -0.1) is 0 Å². The van der Waals surface area contributed by atoms with Crippen LogP contribution in [-0.2, 0) is 0 Å². The van der Waals surface area contributed by atoms with E-state index in [4.69, 9.17) is 0 Å². The fourth-order valence-electron chi connectivity index (χ4n) is 3.23. The van der Waals surface area contributed by atoms with Crippen molar-refractivity contribution in [3.63, 3.8) is 0 Å². The van der Waals surface area contributed by atoms with Crippen LogP contribution >= 0.6 is 0 Å². The number of nitrogens with one attached hydrogen (secondary N) is 2. The predicted octanol–water partition coefficient (Wildman–Crippen LogP) is 3.59. The van der Waals surface area contributed by atoms with Crippen molar-refractivity contribution in [2.75, 3.05) is 23.3 Å². The molecule has 0 spiro atoms. The highest BCUT2D eigenvalue weighted by molar-refractivity contribution is 6.05. The number of amides is 1. The van der Waals surface area contributed by atoms with E-state index >= 15 is 0 Å². The zero-order valence-corrected chi connectivity index (χ0v) is 14.0. The summed E-state index contributed by atoms with van der Waals surface area (Å²) in [4.78, 5) is 19.2. The normalized spacial score (nSPS) is 15.1. The molecule has 4 rings (SSSR count). The number of carbonyl (C=O) groups is 1. The number of anilines is 2. The Morgan fingerprint density at radius 3 is 2.64 bits per heavy atom. The summed E-state index contributed by atoms with van der Waals surface area (Å²) >= 11 is 0. The number of fused-ring (bicyclic) bond motifs is 1. The lowest BCUT2D eigenvalue weighted by Gasteiger charge is -2.21.